The van der Waals surface area contributed by atoms with Gasteiger partial charge in [0.05, 0.1) is 6.10 Å². The third-order valence-electron chi connectivity index (χ3n) is 5.46. The van der Waals surface area contributed by atoms with Gasteiger partial charge in [0.15, 0.2) is 0 Å². The molecule has 0 heterocycles. The molecule has 0 bridgehead atoms. The molecule has 0 aromatic heterocycles. The molecular formula is C25H50O. The van der Waals surface area contributed by atoms with Crippen molar-refractivity contribution in [2.45, 2.75) is 142 Å². The second kappa shape index (κ2) is 22.7. The predicted octanol–water partition coefficient (Wildman–Crippen LogP) is 9.01. The fourth-order valence-corrected chi connectivity index (χ4v) is 3.68. The van der Waals surface area contributed by atoms with Crippen LogP contribution in [-0.4, -0.2) is 13.2 Å². The number of ether oxygens (including phenoxy) is 1. The van der Waals surface area contributed by atoms with Gasteiger partial charge >= 0.3 is 0 Å². The maximum Gasteiger partial charge on any atom is 0.0571 e. The lowest BCUT2D eigenvalue weighted by atomic mass is 10.0. The Morgan fingerprint density at radius 3 is 1.46 bits per heavy atom. The van der Waals surface area contributed by atoms with E-state index in [1.807, 2.05) is 7.11 Å². The van der Waals surface area contributed by atoms with Gasteiger partial charge in [-0.3, -0.25) is 0 Å². The molecule has 0 aliphatic heterocycles. The highest BCUT2D eigenvalue weighted by Gasteiger charge is 2.04. The van der Waals surface area contributed by atoms with E-state index in [1.54, 1.807) is 0 Å². The molecule has 1 unspecified atom stereocenters. The number of allylic oxidation sites excluding steroid dienone is 2. The Morgan fingerprint density at radius 2 is 1.00 bits per heavy atom. The Labute approximate surface area is 166 Å². The zero-order valence-corrected chi connectivity index (χ0v) is 18.6. The predicted molar refractivity (Wildman–Crippen MR) is 119 cm³/mol. The van der Waals surface area contributed by atoms with E-state index in [0.29, 0.717) is 6.10 Å². The van der Waals surface area contributed by atoms with Crippen LogP contribution in [-0.2, 0) is 4.74 Å². The molecule has 0 aromatic rings. The van der Waals surface area contributed by atoms with Gasteiger partial charge in [-0.05, 0) is 32.1 Å². The second-order valence-corrected chi connectivity index (χ2v) is 8.08. The summed E-state index contributed by atoms with van der Waals surface area (Å²) in [6.07, 6.45) is 31.4. The summed E-state index contributed by atoms with van der Waals surface area (Å²) in [6, 6.07) is 0. The first-order valence-corrected chi connectivity index (χ1v) is 12.0. The quantitative estimate of drug-likeness (QED) is 0.145. The summed E-state index contributed by atoms with van der Waals surface area (Å²) in [5, 5.41) is 0. The summed E-state index contributed by atoms with van der Waals surface area (Å²) in [7, 11) is 1.87. The molecule has 0 rings (SSSR count). The lowest BCUT2D eigenvalue weighted by Crippen LogP contribution is -2.09. The summed E-state index contributed by atoms with van der Waals surface area (Å²) < 4.78 is 5.52. The number of rotatable bonds is 21. The van der Waals surface area contributed by atoms with E-state index in [9.17, 15) is 0 Å². The average molecular weight is 367 g/mol. The van der Waals surface area contributed by atoms with Crippen LogP contribution in [0.15, 0.2) is 12.2 Å². The smallest absolute Gasteiger partial charge is 0.0571 e. The van der Waals surface area contributed by atoms with Crippen molar-refractivity contribution in [2.24, 2.45) is 0 Å². The maximum atomic E-state index is 5.52. The zero-order chi connectivity index (χ0) is 19.1. The first-order chi connectivity index (χ1) is 12.8. The van der Waals surface area contributed by atoms with Crippen molar-refractivity contribution >= 4 is 0 Å². The van der Waals surface area contributed by atoms with Crippen LogP contribution >= 0.6 is 0 Å². The normalized spacial score (nSPS) is 12.9. The molecule has 0 aliphatic rings. The maximum absolute atomic E-state index is 5.52. The first-order valence-electron chi connectivity index (χ1n) is 12.0. The molecule has 0 saturated carbocycles. The van der Waals surface area contributed by atoms with Gasteiger partial charge in [0, 0.05) is 7.11 Å². The molecule has 1 atom stereocenters. The van der Waals surface area contributed by atoms with Gasteiger partial charge in [-0.2, -0.15) is 0 Å². The van der Waals surface area contributed by atoms with Gasteiger partial charge in [0.1, 0.15) is 0 Å². The van der Waals surface area contributed by atoms with Gasteiger partial charge in [-0.15, -0.1) is 0 Å². The van der Waals surface area contributed by atoms with Crippen LogP contribution < -0.4 is 0 Å². The van der Waals surface area contributed by atoms with Crippen molar-refractivity contribution in [1.82, 2.24) is 0 Å². The van der Waals surface area contributed by atoms with Crippen LogP contribution in [0.25, 0.3) is 0 Å². The van der Waals surface area contributed by atoms with E-state index in [-0.39, 0.29) is 0 Å². The van der Waals surface area contributed by atoms with E-state index < -0.39 is 0 Å². The van der Waals surface area contributed by atoms with Crippen molar-refractivity contribution in [3.63, 3.8) is 0 Å². The number of hydrogen-bond donors (Lipinski definition) is 0. The molecule has 1 nitrogen and oxygen atoms in total. The molecule has 0 aromatic carbocycles. The molecular weight excluding hydrogens is 316 g/mol. The van der Waals surface area contributed by atoms with Crippen molar-refractivity contribution < 1.29 is 4.74 Å². The summed E-state index contributed by atoms with van der Waals surface area (Å²) >= 11 is 0. The van der Waals surface area contributed by atoms with E-state index in [4.69, 9.17) is 4.74 Å². The molecule has 0 saturated heterocycles. The van der Waals surface area contributed by atoms with Crippen LogP contribution in [0.1, 0.15) is 136 Å². The topological polar surface area (TPSA) is 9.23 Å². The van der Waals surface area contributed by atoms with Crippen molar-refractivity contribution in [1.29, 1.82) is 0 Å². The number of methoxy groups -OCH3 is 1. The molecule has 0 amide bonds. The first kappa shape index (κ1) is 25.7. The minimum Gasteiger partial charge on any atom is -0.381 e. The van der Waals surface area contributed by atoms with Gasteiger partial charge in [-0.25, -0.2) is 0 Å². The van der Waals surface area contributed by atoms with Crippen LogP contribution in [0.4, 0.5) is 0 Å². The highest BCUT2D eigenvalue weighted by molar-refractivity contribution is 4.80. The molecule has 0 N–H and O–H groups in total. The molecule has 0 fully saturated rings. The van der Waals surface area contributed by atoms with Crippen LogP contribution in [0.5, 0.6) is 0 Å². The highest BCUT2D eigenvalue weighted by Crippen LogP contribution is 2.15. The molecule has 0 spiro atoms. The van der Waals surface area contributed by atoms with Gasteiger partial charge in [-0.1, -0.05) is 116 Å². The average Bonchev–Trinajstić information content (AvgIpc) is 2.66. The summed E-state index contributed by atoms with van der Waals surface area (Å²) in [5.74, 6) is 0. The largest absolute Gasteiger partial charge is 0.381 e. The molecule has 156 valence electrons. The summed E-state index contributed by atoms with van der Waals surface area (Å²) in [4.78, 5) is 0. The van der Waals surface area contributed by atoms with Crippen LogP contribution in [0, 0.1) is 0 Å². The van der Waals surface area contributed by atoms with Crippen molar-refractivity contribution in [2.75, 3.05) is 7.11 Å². The SMILES string of the molecule is CCCC=CCCCCCCCCCCCCCCCC(CCC)OC. The van der Waals surface area contributed by atoms with Gasteiger partial charge < -0.3 is 4.74 Å². The third kappa shape index (κ3) is 20.0. The highest BCUT2D eigenvalue weighted by atomic mass is 16.5. The monoisotopic (exact) mass is 366 g/mol. The fraction of sp³-hybridized carbons (Fsp3) is 0.920. The van der Waals surface area contributed by atoms with Crippen LogP contribution in [0.3, 0.4) is 0 Å². The Morgan fingerprint density at radius 1 is 0.538 bits per heavy atom. The molecule has 26 heavy (non-hydrogen) atoms. The van der Waals surface area contributed by atoms with Crippen molar-refractivity contribution in [3.05, 3.63) is 12.2 Å². The van der Waals surface area contributed by atoms with E-state index in [0.717, 1.165) is 0 Å². The van der Waals surface area contributed by atoms with Crippen LogP contribution in [0.2, 0.25) is 0 Å². The van der Waals surface area contributed by atoms with E-state index >= 15 is 0 Å². The van der Waals surface area contributed by atoms with Gasteiger partial charge in [0.2, 0.25) is 0 Å². The lowest BCUT2D eigenvalue weighted by molar-refractivity contribution is 0.0849. The molecule has 1 heteroatoms. The van der Waals surface area contributed by atoms with E-state index in [2.05, 4.69) is 26.0 Å². The summed E-state index contributed by atoms with van der Waals surface area (Å²) in [5.41, 5.74) is 0. The zero-order valence-electron chi connectivity index (χ0n) is 18.6. The third-order valence-corrected chi connectivity index (χ3v) is 5.46. The van der Waals surface area contributed by atoms with Gasteiger partial charge in [0.25, 0.3) is 0 Å². The summed E-state index contributed by atoms with van der Waals surface area (Å²) in [6.45, 7) is 4.50. The molecule has 0 radical (unpaired) electrons. The fourth-order valence-electron chi connectivity index (χ4n) is 3.68. The Kier molecular flexibility index (Phi) is 22.5. The minimum absolute atomic E-state index is 0.512. The molecule has 0 aliphatic carbocycles. The minimum atomic E-state index is 0.512. The number of unbranched alkanes of at least 4 members (excludes halogenated alkanes) is 14. The Balaban J connectivity index is 3.11. The van der Waals surface area contributed by atoms with Crippen molar-refractivity contribution in [3.8, 4) is 0 Å². The number of hydrogen-bond acceptors (Lipinski definition) is 1. The van der Waals surface area contributed by atoms with E-state index in [1.165, 1.54) is 122 Å². The standard InChI is InChI=1S/C25H50O/c1-4-6-7-8-9-10-11-12-13-14-15-16-17-18-19-20-21-22-24-25(26-3)23-5-2/h7-8,25H,4-6,9-24H2,1-3H3. The Bertz CT molecular complexity index is 271. The second-order valence-electron chi connectivity index (χ2n) is 8.08. The lowest BCUT2D eigenvalue weighted by Gasteiger charge is -2.13. The Hall–Kier alpha value is -0.300.